The fourth-order valence-electron chi connectivity index (χ4n) is 1.58. The number of carbonyl (C=O) groups is 1. The van der Waals surface area contributed by atoms with Gasteiger partial charge in [0.05, 0.1) is 0 Å². The van der Waals surface area contributed by atoms with Crippen LogP contribution in [0.3, 0.4) is 0 Å². The molecule has 0 aromatic heterocycles. The van der Waals surface area contributed by atoms with E-state index in [0.29, 0.717) is 0 Å². The Morgan fingerprint density at radius 2 is 1.28 bits per heavy atom. The van der Waals surface area contributed by atoms with Gasteiger partial charge in [-0.1, -0.05) is 13.8 Å². The lowest BCUT2D eigenvalue weighted by molar-refractivity contribution is -0.119. The molecule has 0 aromatic rings. The molecule has 0 unspecified atom stereocenters. The highest BCUT2D eigenvalue weighted by atomic mass is 32.2. The summed E-state index contributed by atoms with van der Waals surface area (Å²) in [6.45, 7) is 10.4. The molecule has 0 spiro atoms. The Morgan fingerprint density at radius 3 is 1.61 bits per heavy atom. The zero-order valence-corrected chi connectivity index (χ0v) is 13.2. The van der Waals surface area contributed by atoms with Crippen molar-refractivity contribution in [1.29, 1.82) is 0 Å². The van der Waals surface area contributed by atoms with Crippen molar-refractivity contribution < 1.29 is 4.79 Å². The summed E-state index contributed by atoms with van der Waals surface area (Å²) in [5, 5.41) is 0. The van der Waals surface area contributed by atoms with Gasteiger partial charge in [0, 0.05) is 50.8 Å². The maximum Gasteiger partial charge on any atom is 0.209 e. The van der Waals surface area contributed by atoms with Gasteiger partial charge in [-0.3, -0.25) is 4.79 Å². The Hall–Kier alpha value is -0.260. The van der Waals surface area contributed by atoms with Gasteiger partial charge in [0.2, 0.25) is 6.41 Å². The number of thioether (sulfide) groups is 1. The number of amides is 1. The summed E-state index contributed by atoms with van der Waals surface area (Å²) >= 11 is 2.06. The molecule has 108 valence electrons. The smallest absolute Gasteiger partial charge is 0.209 e. The van der Waals surface area contributed by atoms with E-state index in [4.69, 9.17) is 0 Å². The first kappa shape index (κ1) is 17.7. The Bertz CT molecular complexity index is 191. The number of likely N-dealkylation sites (N-methyl/N-ethyl adjacent to an activating group) is 1. The first-order valence-corrected chi connectivity index (χ1v) is 8.02. The van der Waals surface area contributed by atoms with Crippen LogP contribution in [0.5, 0.6) is 0 Å². The third-order valence-electron chi connectivity index (χ3n) is 2.92. The van der Waals surface area contributed by atoms with Crippen LogP contribution in [0.4, 0.5) is 0 Å². The second-order valence-corrected chi connectivity index (χ2v) is 5.59. The maximum atomic E-state index is 10.2. The summed E-state index contributed by atoms with van der Waals surface area (Å²) in [7, 11) is 4.25. The second-order valence-electron chi connectivity index (χ2n) is 4.36. The van der Waals surface area contributed by atoms with E-state index in [0.717, 1.165) is 32.6 Å². The van der Waals surface area contributed by atoms with E-state index < -0.39 is 0 Å². The zero-order chi connectivity index (χ0) is 13.8. The highest BCUT2D eigenvalue weighted by Crippen LogP contribution is 2.05. The molecule has 5 heteroatoms. The first-order valence-electron chi connectivity index (χ1n) is 6.86. The lowest BCUT2D eigenvalue weighted by Crippen LogP contribution is -2.43. The van der Waals surface area contributed by atoms with Crippen LogP contribution in [0.1, 0.15) is 13.8 Å². The van der Waals surface area contributed by atoms with Crippen molar-refractivity contribution in [3.05, 3.63) is 0 Å². The first-order chi connectivity index (χ1) is 8.72. The molecule has 0 radical (unpaired) electrons. The summed E-state index contributed by atoms with van der Waals surface area (Å²) in [5.74, 6) is 2.66. The Kier molecular flexibility index (Phi) is 11.6. The standard InChI is InChI=1S/C6H12N2O.C5H11NS.C2H6/c1-7-2-4-8(6-9)5-3-7;1-6-2-4-7-5-3-6;1-2/h6H,2-5H2,1H3;2-5H2,1H3;1-2H3. The monoisotopic (exact) mass is 275 g/mol. The van der Waals surface area contributed by atoms with Crippen molar-refractivity contribution in [3.63, 3.8) is 0 Å². The average Bonchev–Trinajstić information content (AvgIpc) is 2.43. The van der Waals surface area contributed by atoms with E-state index in [-0.39, 0.29) is 0 Å². The lowest BCUT2D eigenvalue weighted by atomic mass is 10.4. The summed E-state index contributed by atoms with van der Waals surface area (Å²) in [6.07, 6.45) is 0.924. The summed E-state index contributed by atoms with van der Waals surface area (Å²) < 4.78 is 0. The molecule has 0 aliphatic carbocycles. The third-order valence-corrected chi connectivity index (χ3v) is 3.86. The van der Waals surface area contributed by atoms with Gasteiger partial charge in [-0.2, -0.15) is 11.8 Å². The molecule has 2 aliphatic heterocycles. The second kappa shape index (κ2) is 11.8. The van der Waals surface area contributed by atoms with E-state index in [1.807, 2.05) is 13.8 Å². The number of piperazine rings is 1. The Labute approximate surface area is 117 Å². The van der Waals surface area contributed by atoms with Crippen molar-refractivity contribution >= 4 is 18.2 Å². The van der Waals surface area contributed by atoms with Gasteiger partial charge in [-0.25, -0.2) is 0 Å². The number of carbonyl (C=O) groups excluding carboxylic acids is 1. The molecule has 2 heterocycles. The van der Waals surface area contributed by atoms with Gasteiger partial charge in [0.15, 0.2) is 0 Å². The van der Waals surface area contributed by atoms with E-state index in [9.17, 15) is 4.79 Å². The van der Waals surface area contributed by atoms with Crippen LogP contribution in [-0.4, -0.2) is 86.0 Å². The molecule has 2 fully saturated rings. The van der Waals surface area contributed by atoms with E-state index in [2.05, 4.69) is 35.7 Å². The average molecular weight is 275 g/mol. The number of hydrogen-bond acceptors (Lipinski definition) is 4. The van der Waals surface area contributed by atoms with Gasteiger partial charge in [0.25, 0.3) is 0 Å². The molecule has 2 rings (SSSR count). The predicted molar refractivity (Wildman–Crippen MR) is 81.3 cm³/mol. The minimum Gasteiger partial charge on any atom is -0.343 e. The van der Waals surface area contributed by atoms with Gasteiger partial charge < -0.3 is 14.7 Å². The number of hydrogen-bond donors (Lipinski definition) is 0. The van der Waals surface area contributed by atoms with Crippen LogP contribution in [0.25, 0.3) is 0 Å². The molecule has 2 saturated heterocycles. The summed E-state index contributed by atoms with van der Waals surface area (Å²) in [4.78, 5) is 16.6. The van der Waals surface area contributed by atoms with Crippen LogP contribution in [0, 0.1) is 0 Å². The van der Waals surface area contributed by atoms with Crippen LogP contribution in [-0.2, 0) is 4.79 Å². The molecule has 1 amide bonds. The number of nitrogens with zero attached hydrogens (tertiary/aromatic N) is 3. The molecule has 0 atom stereocenters. The van der Waals surface area contributed by atoms with Crippen molar-refractivity contribution in [1.82, 2.24) is 14.7 Å². The normalized spacial score (nSPS) is 21.2. The van der Waals surface area contributed by atoms with E-state index in [1.54, 1.807) is 4.90 Å². The highest BCUT2D eigenvalue weighted by molar-refractivity contribution is 7.99. The van der Waals surface area contributed by atoms with Gasteiger partial charge >= 0.3 is 0 Å². The van der Waals surface area contributed by atoms with Crippen molar-refractivity contribution in [2.45, 2.75) is 13.8 Å². The predicted octanol–water partition coefficient (Wildman–Crippen LogP) is 1.08. The largest absolute Gasteiger partial charge is 0.343 e. The van der Waals surface area contributed by atoms with Crippen LogP contribution in [0.2, 0.25) is 0 Å². The van der Waals surface area contributed by atoms with Crippen LogP contribution in [0.15, 0.2) is 0 Å². The topological polar surface area (TPSA) is 26.8 Å². The Morgan fingerprint density at radius 1 is 0.833 bits per heavy atom. The van der Waals surface area contributed by atoms with E-state index >= 15 is 0 Å². The molecule has 0 saturated carbocycles. The lowest BCUT2D eigenvalue weighted by Gasteiger charge is -2.29. The highest BCUT2D eigenvalue weighted by Gasteiger charge is 2.10. The van der Waals surface area contributed by atoms with Crippen molar-refractivity contribution in [2.24, 2.45) is 0 Å². The van der Waals surface area contributed by atoms with Crippen molar-refractivity contribution in [2.75, 3.05) is 64.9 Å². The summed E-state index contributed by atoms with van der Waals surface area (Å²) in [6, 6.07) is 0. The molecule has 0 bridgehead atoms. The van der Waals surface area contributed by atoms with Crippen LogP contribution < -0.4 is 0 Å². The molecular weight excluding hydrogens is 246 g/mol. The summed E-state index contributed by atoms with van der Waals surface area (Å²) in [5.41, 5.74) is 0. The number of rotatable bonds is 1. The fourth-order valence-corrected chi connectivity index (χ4v) is 2.67. The third kappa shape index (κ3) is 8.78. The molecule has 4 nitrogen and oxygen atoms in total. The van der Waals surface area contributed by atoms with Gasteiger partial charge in [0.1, 0.15) is 0 Å². The molecule has 0 aromatic carbocycles. The quantitative estimate of drug-likeness (QED) is 0.669. The molecular formula is C13H29N3OS. The fraction of sp³-hybridized carbons (Fsp3) is 0.923. The SMILES string of the molecule is CC.CN1CCN(C=O)CC1.CN1CCSCC1. The molecule has 2 aliphatic rings. The van der Waals surface area contributed by atoms with E-state index in [1.165, 1.54) is 24.6 Å². The van der Waals surface area contributed by atoms with Crippen LogP contribution >= 0.6 is 11.8 Å². The van der Waals surface area contributed by atoms with Gasteiger partial charge in [-0.15, -0.1) is 0 Å². The minimum absolute atomic E-state index is 0.889. The minimum atomic E-state index is 0.889. The van der Waals surface area contributed by atoms with Crippen molar-refractivity contribution in [3.8, 4) is 0 Å². The molecule has 18 heavy (non-hydrogen) atoms. The maximum absolute atomic E-state index is 10.2. The molecule has 0 N–H and O–H groups in total. The zero-order valence-electron chi connectivity index (χ0n) is 12.4. The van der Waals surface area contributed by atoms with Gasteiger partial charge in [-0.05, 0) is 14.1 Å². The Balaban J connectivity index is 0.000000289.